The predicted molar refractivity (Wildman–Crippen MR) is 61.5 cm³/mol. The molecule has 1 saturated heterocycles. The summed E-state index contributed by atoms with van der Waals surface area (Å²) in [5, 5.41) is 2.85. The number of amides is 2. The molecule has 1 atom stereocenters. The molecule has 0 unspecified atom stereocenters. The van der Waals surface area contributed by atoms with E-state index in [4.69, 9.17) is 4.55 Å². The van der Waals surface area contributed by atoms with E-state index in [0.29, 0.717) is 5.06 Å². The van der Waals surface area contributed by atoms with Crippen molar-refractivity contribution in [1.29, 1.82) is 0 Å². The molecule has 0 saturated carbocycles. The molecule has 1 aliphatic heterocycles. The number of β-lactam (4-membered cyclic amide) rings is 1. The van der Waals surface area contributed by atoms with Gasteiger partial charge in [-0.05, 0) is 13.8 Å². The topological polar surface area (TPSA) is 113 Å². The Morgan fingerprint density at radius 1 is 1.53 bits per heavy atom. The van der Waals surface area contributed by atoms with Crippen LogP contribution in [0.5, 0.6) is 0 Å². The Hall–Kier alpha value is -0.840. The molecule has 100 valence electrons. The third kappa shape index (κ3) is 3.31. The minimum Gasteiger partial charge on any atom is -0.342 e. The van der Waals surface area contributed by atoms with Gasteiger partial charge in [0.15, 0.2) is 0 Å². The van der Waals surface area contributed by atoms with E-state index in [-0.39, 0.29) is 13.5 Å². The molecule has 0 spiro atoms. The summed E-state index contributed by atoms with van der Waals surface area (Å²) in [5.74, 6) is -1.16. The second-order valence-electron chi connectivity index (χ2n) is 3.92. The lowest BCUT2D eigenvalue weighted by Gasteiger charge is -2.50. The van der Waals surface area contributed by atoms with Gasteiger partial charge in [-0.25, -0.2) is 0 Å². The average molecular weight is 286 g/mol. The average Bonchev–Trinajstić information content (AvgIpc) is 2.08. The molecule has 0 aromatic rings. The Balaban J connectivity index is 0.00000256. The zero-order chi connectivity index (χ0) is 12.7. The summed E-state index contributed by atoms with van der Waals surface area (Å²) in [6.45, 7) is 4.20. The lowest BCUT2D eigenvalue weighted by Crippen LogP contribution is -2.76. The molecule has 10 heteroatoms. The summed E-state index contributed by atoms with van der Waals surface area (Å²) in [6, 6.07) is -0.869. The summed E-state index contributed by atoms with van der Waals surface area (Å²) in [5.41, 5.74) is -1.04. The van der Waals surface area contributed by atoms with Crippen LogP contribution in [0.4, 0.5) is 0 Å². The number of rotatable bonds is 3. The first-order valence-corrected chi connectivity index (χ1v) is 5.70. The SMILES string of the molecule is CC(=O)N[C@@H]1C(=O)N(OS(=O)(=O)O)C1(C)C.S. The minimum absolute atomic E-state index is 0. The highest BCUT2D eigenvalue weighted by Crippen LogP contribution is 2.32. The van der Waals surface area contributed by atoms with Gasteiger partial charge in [0.05, 0.1) is 5.54 Å². The van der Waals surface area contributed by atoms with Crippen LogP contribution in [0, 0.1) is 0 Å². The van der Waals surface area contributed by atoms with Crippen LogP contribution in [0.15, 0.2) is 0 Å². The predicted octanol–water partition coefficient (Wildman–Crippen LogP) is -1.04. The normalized spacial score (nSPS) is 22.5. The summed E-state index contributed by atoms with van der Waals surface area (Å²) in [7, 11) is -4.75. The van der Waals surface area contributed by atoms with Crippen molar-refractivity contribution in [1.82, 2.24) is 10.4 Å². The highest BCUT2D eigenvalue weighted by molar-refractivity contribution is 7.80. The van der Waals surface area contributed by atoms with E-state index in [1.807, 2.05) is 0 Å². The van der Waals surface area contributed by atoms with Crippen molar-refractivity contribution >= 4 is 35.7 Å². The maximum absolute atomic E-state index is 11.4. The molecule has 2 amide bonds. The first-order valence-electron chi connectivity index (χ1n) is 4.34. The van der Waals surface area contributed by atoms with Gasteiger partial charge in [0.25, 0.3) is 5.91 Å². The van der Waals surface area contributed by atoms with E-state index in [2.05, 4.69) is 9.60 Å². The lowest BCUT2D eigenvalue weighted by atomic mass is 9.84. The third-order valence-electron chi connectivity index (χ3n) is 2.19. The number of hydrogen-bond acceptors (Lipinski definition) is 5. The zero-order valence-corrected chi connectivity index (χ0v) is 11.2. The molecule has 2 N–H and O–H groups in total. The Morgan fingerprint density at radius 2 is 2.00 bits per heavy atom. The van der Waals surface area contributed by atoms with Crippen molar-refractivity contribution in [3.05, 3.63) is 0 Å². The van der Waals surface area contributed by atoms with Crippen LogP contribution in [0.2, 0.25) is 0 Å². The molecule has 8 nitrogen and oxygen atoms in total. The molecule has 0 aromatic heterocycles. The maximum atomic E-state index is 11.4. The molecule has 1 rings (SSSR count). The van der Waals surface area contributed by atoms with Crippen LogP contribution < -0.4 is 5.32 Å². The summed E-state index contributed by atoms with van der Waals surface area (Å²) in [4.78, 5) is 22.2. The van der Waals surface area contributed by atoms with Gasteiger partial charge in [0, 0.05) is 6.92 Å². The van der Waals surface area contributed by atoms with Crippen molar-refractivity contribution in [2.75, 3.05) is 0 Å². The standard InChI is InChI=1S/C7H12N2O6S.H2S/c1-4(10)8-5-6(11)9(7(5,2)3)15-16(12,13)14;/h5H,1-3H3,(H,8,10)(H,12,13,14);1H2/t5-;/m1./s1. The molecule has 1 fully saturated rings. The van der Waals surface area contributed by atoms with E-state index in [1.54, 1.807) is 0 Å². The van der Waals surface area contributed by atoms with Crippen molar-refractivity contribution in [3.63, 3.8) is 0 Å². The Bertz CT molecular complexity index is 432. The molecule has 1 heterocycles. The van der Waals surface area contributed by atoms with Crippen LogP contribution in [-0.4, -0.2) is 41.4 Å². The Morgan fingerprint density at radius 3 is 2.29 bits per heavy atom. The van der Waals surface area contributed by atoms with E-state index >= 15 is 0 Å². The fourth-order valence-electron chi connectivity index (χ4n) is 1.42. The Kier molecular flexibility index (Phi) is 4.56. The second kappa shape index (κ2) is 4.80. The molecule has 0 bridgehead atoms. The number of hydrogen-bond donors (Lipinski definition) is 2. The fourth-order valence-corrected chi connectivity index (χ4v) is 1.88. The van der Waals surface area contributed by atoms with Crippen molar-refractivity contribution in [3.8, 4) is 0 Å². The van der Waals surface area contributed by atoms with Gasteiger partial charge in [0.1, 0.15) is 6.04 Å². The van der Waals surface area contributed by atoms with Gasteiger partial charge in [-0.2, -0.15) is 27.0 Å². The molecule has 0 radical (unpaired) electrons. The second-order valence-corrected chi connectivity index (χ2v) is 4.93. The molecule has 17 heavy (non-hydrogen) atoms. The van der Waals surface area contributed by atoms with Crippen molar-refractivity contribution in [2.24, 2.45) is 0 Å². The minimum atomic E-state index is -4.75. The van der Waals surface area contributed by atoms with Gasteiger partial charge < -0.3 is 5.32 Å². The van der Waals surface area contributed by atoms with Crippen LogP contribution >= 0.6 is 13.5 Å². The lowest BCUT2D eigenvalue weighted by molar-refractivity contribution is -0.218. The van der Waals surface area contributed by atoms with Gasteiger partial charge in [-0.15, -0.1) is 4.28 Å². The third-order valence-corrected chi connectivity index (χ3v) is 2.53. The molecular weight excluding hydrogens is 272 g/mol. The smallest absolute Gasteiger partial charge is 0.342 e. The zero-order valence-electron chi connectivity index (χ0n) is 9.42. The Labute approximate surface area is 106 Å². The van der Waals surface area contributed by atoms with Gasteiger partial charge in [-0.1, -0.05) is 0 Å². The summed E-state index contributed by atoms with van der Waals surface area (Å²) < 4.78 is 33.4. The fraction of sp³-hybridized carbons (Fsp3) is 0.714. The van der Waals surface area contributed by atoms with Gasteiger partial charge in [0.2, 0.25) is 5.91 Å². The largest absolute Gasteiger partial charge is 0.418 e. The number of nitrogens with one attached hydrogen (secondary N) is 1. The number of carbonyl (C=O) groups excluding carboxylic acids is 2. The quantitative estimate of drug-likeness (QED) is 0.506. The van der Waals surface area contributed by atoms with Gasteiger partial charge >= 0.3 is 10.4 Å². The maximum Gasteiger partial charge on any atom is 0.418 e. The van der Waals surface area contributed by atoms with E-state index in [9.17, 15) is 18.0 Å². The molecular formula is C7H14N2O6S2. The number of hydroxylamine groups is 2. The summed E-state index contributed by atoms with van der Waals surface area (Å²) in [6.07, 6.45) is 0. The van der Waals surface area contributed by atoms with Gasteiger partial charge in [-0.3, -0.25) is 14.1 Å². The van der Waals surface area contributed by atoms with Crippen LogP contribution in [-0.2, 0) is 24.3 Å². The van der Waals surface area contributed by atoms with Crippen LogP contribution in [0.25, 0.3) is 0 Å². The van der Waals surface area contributed by atoms with Crippen LogP contribution in [0.3, 0.4) is 0 Å². The van der Waals surface area contributed by atoms with E-state index < -0.39 is 33.8 Å². The molecule has 0 aromatic carbocycles. The highest BCUT2D eigenvalue weighted by Gasteiger charge is 2.57. The molecule has 0 aliphatic carbocycles. The molecule has 1 aliphatic rings. The van der Waals surface area contributed by atoms with Crippen LogP contribution in [0.1, 0.15) is 20.8 Å². The number of nitrogens with zero attached hydrogens (tertiary/aromatic N) is 1. The van der Waals surface area contributed by atoms with Crippen molar-refractivity contribution in [2.45, 2.75) is 32.4 Å². The monoisotopic (exact) mass is 286 g/mol. The van der Waals surface area contributed by atoms with E-state index in [0.717, 1.165) is 0 Å². The summed E-state index contributed by atoms with van der Waals surface area (Å²) >= 11 is 0. The first-order chi connectivity index (χ1) is 7.05. The van der Waals surface area contributed by atoms with E-state index in [1.165, 1.54) is 20.8 Å². The highest BCUT2D eigenvalue weighted by atomic mass is 32.3. The number of carbonyl (C=O) groups is 2. The van der Waals surface area contributed by atoms with Crippen molar-refractivity contribution < 1.29 is 26.8 Å². The first kappa shape index (κ1) is 16.2.